The molecule has 0 bridgehead atoms. The molecule has 1 saturated heterocycles. The molecule has 0 aromatic carbocycles. The molecule has 1 amide bonds. The minimum absolute atomic E-state index is 0.0818. The van der Waals surface area contributed by atoms with Crippen molar-refractivity contribution >= 4 is 5.91 Å². The summed E-state index contributed by atoms with van der Waals surface area (Å²) in [5.41, 5.74) is 0.0818. The highest BCUT2D eigenvalue weighted by atomic mass is 16.1. The number of rotatable bonds is 4. The van der Waals surface area contributed by atoms with Crippen molar-refractivity contribution < 1.29 is 4.79 Å². The number of carbonyl (C=O) groups excluding carboxylic acids is 1. The summed E-state index contributed by atoms with van der Waals surface area (Å²) < 4.78 is 0. The minimum Gasteiger partial charge on any atom is -0.351 e. The zero-order valence-corrected chi connectivity index (χ0v) is 11.1. The lowest BCUT2D eigenvalue weighted by Gasteiger charge is -2.34. The van der Waals surface area contributed by atoms with Gasteiger partial charge in [-0.1, -0.05) is 19.3 Å². The van der Waals surface area contributed by atoms with Crippen LogP contribution in [0.25, 0.3) is 0 Å². The van der Waals surface area contributed by atoms with E-state index >= 15 is 0 Å². The maximum absolute atomic E-state index is 11.9. The molecule has 0 spiro atoms. The average Bonchev–Trinajstić information content (AvgIpc) is 2.79. The fourth-order valence-corrected chi connectivity index (χ4v) is 3.16. The normalized spacial score (nSPS) is 27.9. The predicted octanol–water partition coefficient (Wildman–Crippen LogP) is 2.36. The molecule has 0 radical (unpaired) electrons. The van der Waals surface area contributed by atoms with E-state index in [9.17, 15) is 4.79 Å². The van der Waals surface area contributed by atoms with Gasteiger partial charge in [-0.05, 0) is 45.6 Å². The highest BCUT2D eigenvalue weighted by molar-refractivity contribution is 5.76. The van der Waals surface area contributed by atoms with Gasteiger partial charge in [0.15, 0.2) is 0 Å². The third-order valence-corrected chi connectivity index (χ3v) is 4.28. The zero-order valence-electron chi connectivity index (χ0n) is 11.1. The Morgan fingerprint density at radius 2 is 2.06 bits per heavy atom. The summed E-state index contributed by atoms with van der Waals surface area (Å²) in [5.74, 6) is 0.253. The van der Waals surface area contributed by atoms with Crippen LogP contribution in [0, 0.1) is 0 Å². The molecule has 1 atom stereocenters. The number of amides is 1. The smallest absolute Gasteiger partial charge is 0.220 e. The Morgan fingerprint density at radius 3 is 2.71 bits per heavy atom. The summed E-state index contributed by atoms with van der Waals surface area (Å²) in [6.45, 7) is 3.34. The number of nitrogens with one attached hydrogen (secondary N) is 2. The standard InChI is InChI=1S/C14H26N2O/c1-14(9-3-2-4-10-14)16-13(17)8-7-12-6-5-11-15-12/h12,15H,2-11H2,1H3,(H,16,17). The van der Waals surface area contributed by atoms with E-state index in [0.717, 1.165) is 25.8 Å². The van der Waals surface area contributed by atoms with E-state index in [2.05, 4.69) is 17.6 Å². The van der Waals surface area contributed by atoms with E-state index in [-0.39, 0.29) is 11.4 Å². The molecule has 2 fully saturated rings. The monoisotopic (exact) mass is 238 g/mol. The third kappa shape index (κ3) is 3.98. The van der Waals surface area contributed by atoms with Gasteiger partial charge in [-0.15, -0.1) is 0 Å². The van der Waals surface area contributed by atoms with Gasteiger partial charge in [0.25, 0.3) is 0 Å². The summed E-state index contributed by atoms with van der Waals surface area (Å²) in [6.07, 6.45) is 10.4. The van der Waals surface area contributed by atoms with Gasteiger partial charge < -0.3 is 10.6 Å². The van der Waals surface area contributed by atoms with Crippen molar-refractivity contribution in [3.63, 3.8) is 0 Å². The predicted molar refractivity (Wildman–Crippen MR) is 69.9 cm³/mol. The van der Waals surface area contributed by atoms with Crippen molar-refractivity contribution in [2.75, 3.05) is 6.54 Å². The van der Waals surface area contributed by atoms with Crippen LogP contribution in [-0.2, 0) is 4.79 Å². The lowest BCUT2D eigenvalue weighted by Crippen LogP contribution is -2.47. The fourth-order valence-electron chi connectivity index (χ4n) is 3.16. The van der Waals surface area contributed by atoms with Gasteiger partial charge >= 0.3 is 0 Å². The van der Waals surface area contributed by atoms with E-state index < -0.39 is 0 Å². The van der Waals surface area contributed by atoms with Crippen LogP contribution in [0.4, 0.5) is 0 Å². The highest BCUT2D eigenvalue weighted by Crippen LogP contribution is 2.27. The molecule has 2 N–H and O–H groups in total. The van der Waals surface area contributed by atoms with Gasteiger partial charge in [0.1, 0.15) is 0 Å². The number of hydrogen-bond donors (Lipinski definition) is 2. The Hall–Kier alpha value is -0.570. The van der Waals surface area contributed by atoms with Crippen LogP contribution in [0.5, 0.6) is 0 Å². The highest BCUT2D eigenvalue weighted by Gasteiger charge is 2.28. The molecule has 2 rings (SSSR count). The first kappa shape index (κ1) is 12.9. The van der Waals surface area contributed by atoms with Crippen LogP contribution >= 0.6 is 0 Å². The van der Waals surface area contributed by atoms with Crippen LogP contribution < -0.4 is 10.6 Å². The summed E-state index contributed by atoms with van der Waals surface area (Å²) >= 11 is 0. The van der Waals surface area contributed by atoms with Crippen LogP contribution in [0.2, 0.25) is 0 Å². The van der Waals surface area contributed by atoms with E-state index in [4.69, 9.17) is 0 Å². The largest absolute Gasteiger partial charge is 0.351 e. The van der Waals surface area contributed by atoms with Gasteiger partial charge in [-0.3, -0.25) is 4.79 Å². The maximum Gasteiger partial charge on any atom is 0.220 e. The topological polar surface area (TPSA) is 41.1 Å². The molecular formula is C14H26N2O. The molecule has 3 nitrogen and oxygen atoms in total. The van der Waals surface area contributed by atoms with Crippen LogP contribution in [0.1, 0.15) is 64.7 Å². The molecule has 98 valence electrons. The number of carbonyl (C=O) groups is 1. The van der Waals surface area contributed by atoms with Gasteiger partial charge in [-0.2, -0.15) is 0 Å². The fraction of sp³-hybridized carbons (Fsp3) is 0.929. The summed E-state index contributed by atoms with van der Waals surface area (Å²) in [6, 6.07) is 0.583. The van der Waals surface area contributed by atoms with Gasteiger partial charge in [-0.25, -0.2) is 0 Å². The molecule has 2 aliphatic rings. The van der Waals surface area contributed by atoms with E-state index in [0.29, 0.717) is 12.5 Å². The van der Waals surface area contributed by atoms with Gasteiger partial charge in [0.05, 0.1) is 0 Å². The molecule has 1 aliphatic carbocycles. The second-order valence-electron chi connectivity index (χ2n) is 6.00. The second-order valence-corrected chi connectivity index (χ2v) is 6.00. The van der Waals surface area contributed by atoms with Crippen molar-refractivity contribution in [1.29, 1.82) is 0 Å². The first-order valence-corrected chi connectivity index (χ1v) is 7.22. The maximum atomic E-state index is 11.9. The lowest BCUT2D eigenvalue weighted by atomic mass is 9.83. The van der Waals surface area contributed by atoms with Crippen molar-refractivity contribution in [3.05, 3.63) is 0 Å². The molecular weight excluding hydrogens is 212 g/mol. The average molecular weight is 238 g/mol. The summed E-state index contributed by atoms with van der Waals surface area (Å²) in [7, 11) is 0. The first-order chi connectivity index (χ1) is 8.18. The molecule has 1 unspecified atom stereocenters. The molecule has 3 heteroatoms. The molecule has 0 aromatic heterocycles. The van der Waals surface area contributed by atoms with Crippen LogP contribution in [-0.4, -0.2) is 24.0 Å². The molecule has 1 aliphatic heterocycles. The van der Waals surface area contributed by atoms with Gasteiger partial charge in [0.2, 0.25) is 5.91 Å². The van der Waals surface area contributed by atoms with Crippen molar-refractivity contribution in [2.45, 2.75) is 76.3 Å². The van der Waals surface area contributed by atoms with Crippen LogP contribution in [0.3, 0.4) is 0 Å². The van der Waals surface area contributed by atoms with E-state index in [1.54, 1.807) is 0 Å². The molecule has 1 saturated carbocycles. The summed E-state index contributed by atoms with van der Waals surface area (Å²) in [4.78, 5) is 11.9. The SMILES string of the molecule is CC1(NC(=O)CCC2CCCN2)CCCCC1. The Labute approximate surface area is 105 Å². The second kappa shape index (κ2) is 5.85. The zero-order chi connectivity index (χ0) is 12.1. The van der Waals surface area contributed by atoms with E-state index in [1.165, 1.54) is 32.1 Å². The van der Waals surface area contributed by atoms with Crippen molar-refractivity contribution in [2.24, 2.45) is 0 Å². The Bertz CT molecular complexity index is 253. The Kier molecular flexibility index (Phi) is 4.43. The molecule has 17 heavy (non-hydrogen) atoms. The van der Waals surface area contributed by atoms with Crippen molar-refractivity contribution in [3.8, 4) is 0 Å². The number of hydrogen-bond acceptors (Lipinski definition) is 2. The Morgan fingerprint density at radius 1 is 1.29 bits per heavy atom. The van der Waals surface area contributed by atoms with Crippen LogP contribution in [0.15, 0.2) is 0 Å². The molecule has 1 heterocycles. The van der Waals surface area contributed by atoms with E-state index in [1.807, 2.05) is 0 Å². The molecule has 0 aromatic rings. The van der Waals surface area contributed by atoms with Gasteiger partial charge in [0, 0.05) is 18.0 Å². The quantitative estimate of drug-likeness (QED) is 0.789. The minimum atomic E-state index is 0.0818. The lowest BCUT2D eigenvalue weighted by molar-refractivity contribution is -0.123. The third-order valence-electron chi connectivity index (χ3n) is 4.28. The summed E-state index contributed by atoms with van der Waals surface area (Å²) in [5, 5.41) is 6.70. The Balaban J connectivity index is 1.68. The first-order valence-electron chi connectivity index (χ1n) is 7.22. The van der Waals surface area contributed by atoms with Crippen molar-refractivity contribution in [1.82, 2.24) is 10.6 Å².